The fraction of sp³-hybridized carbons (Fsp3) is 0.667. The van der Waals surface area contributed by atoms with Gasteiger partial charge in [0.15, 0.2) is 0 Å². The highest BCUT2D eigenvalue weighted by Gasteiger charge is 2.57. The molecule has 1 aromatic rings. The largest absolute Gasteiger partial charge is 0.390 e. The van der Waals surface area contributed by atoms with E-state index in [4.69, 9.17) is 4.99 Å². The number of carbonyl (C=O) groups excluding carboxylic acids is 1. The number of Topliss-reactive ketones (excluding diaryl/α,β-unsaturated/α-hetero) is 1. The summed E-state index contributed by atoms with van der Waals surface area (Å²) in [7, 11) is 0. The normalized spacial score (nSPS) is 41.3. The quantitative estimate of drug-likeness (QED) is 0.791. The van der Waals surface area contributed by atoms with Gasteiger partial charge in [-0.25, -0.2) is 0 Å². The summed E-state index contributed by atoms with van der Waals surface area (Å²) < 4.78 is 0. The molecule has 5 fully saturated rings. The Balaban J connectivity index is 1.40. The fourth-order valence-electron chi connectivity index (χ4n) is 7.20. The van der Waals surface area contributed by atoms with Crippen LogP contribution in [0.25, 0.3) is 0 Å². The van der Waals surface area contributed by atoms with Crippen LogP contribution in [-0.2, 0) is 10.2 Å². The van der Waals surface area contributed by atoms with Crippen LogP contribution in [0.1, 0.15) is 77.2 Å². The molecule has 5 saturated carbocycles. The van der Waals surface area contributed by atoms with Crippen LogP contribution in [-0.4, -0.2) is 22.2 Å². The zero-order chi connectivity index (χ0) is 18.9. The first-order valence-electron chi connectivity index (χ1n) is 10.6. The number of benzene rings is 1. The van der Waals surface area contributed by atoms with Crippen LogP contribution in [0.2, 0.25) is 0 Å². The molecular weight excluding hydrogens is 334 g/mol. The Bertz CT molecular complexity index is 790. The molecule has 0 heterocycles. The van der Waals surface area contributed by atoms with Gasteiger partial charge in [-0.2, -0.15) is 0 Å². The van der Waals surface area contributed by atoms with E-state index >= 15 is 0 Å². The Labute approximate surface area is 162 Å². The summed E-state index contributed by atoms with van der Waals surface area (Å²) in [6, 6.07) is 8.73. The maximum atomic E-state index is 12.0. The highest BCUT2D eigenvalue weighted by Crippen LogP contribution is 2.62. The van der Waals surface area contributed by atoms with Crippen molar-refractivity contribution in [3.63, 3.8) is 0 Å². The topological polar surface area (TPSA) is 49.7 Å². The monoisotopic (exact) mass is 365 g/mol. The molecule has 1 N–H and O–H groups in total. The fourth-order valence-corrected chi connectivity index (χ4v) is 7.20. The van der Waals surface area contributed by atoms with Crippen molar-refractivity contribution in [2.24, 2.45) is 22.2 Å². The highest BCUT2D eigenvalue weighted by molar-refractivity contribution is 6.05. The van der Waals surface area contributed by atoms with Crippen molar-refractivity contribution >= 4 is 17.2 Å². The molecule has 0 amide bonds. The minimum atomic E-state index is -0.420. The minimum Gasteiger partial charge on any atom is -0.390 e. The van der Waals surface area contributed by atoms with Gasteiger partial charge >= 0.3 is 0 Å². The molecule has 6 rings (SSSR count). The van der Waals surface area contributed by atoms with Gasteiger partial charge in [-0.3, -0.25) is 9.79 Å². The summed E-state index contributed by atoms with van der Waals surface area (Å²) in [5.74, 6) is 1.71. The van der Waals surface area contributed by atoms with Crippen molar-refractivity contribution in [3.8, 4) is 0 Å². The molecule has 4 atom stereocenters. The number of ketones is 1. The second-order valence-electron chi connectivity index (χ2n) is 10.9. The predicted octanol–water partition coefficient (Wildman–Crippen LogP) is 5.12. The lowest BCUT2D eigenvalue weighted by Gasteiger charge is -2.60. The van der Waals surface area contributed by atoms with E-state index in [2.05, 4.69) is 38.1 Å². The van der Waals surface area contributed by atoms with Gasteiger partial charge in [0, 0.05) is 18.6 Å². The van der Waals surface area contributed by atoms with Crippen LogP contribution in [0.15, 0.2) is 29.3 Å². The average Bonchev–Trinajstić information content (AvgIpc) is 2.51. The van der Waals surface area contributed by atoms with Crippen molar-refractivity contribution in [1.29, 1.82) is 0 Å². The standard InChI is InChI=1S/C24H31NO2/c1-22(2)13-20(8-21(26)14-22)25-19-5-3-18(4-6-19)23-9-16-7-17(10-23)12-24(27,11-16)15-23/h3-6,16-17,27H,7-15H2,1-2H3/t16-,17+,23?,24?. The van der Waals surface area contributed by atoms with Crippen LogP contribution in [0, 0.1) is 17.3 Å². The molecule has 5 aliphatic carbocycles. The SMILES string of the molecule is CC1(C)CC(=O)CC(=Nc2ccc(C34C[C@@H]5C[C@@H](CC(O)(C5)C3)C4)cc2)C1. The van der Waals surface area contributed by atoms with E-state index in [-0.39, 0.29) is 10.8 Å². The molecule has 144 valence electrons. The summed E-state index contributed by atoms with van der Waals surface area (Å²) in [5, 5.41) is 11.0. The van der Waals surface area contributed by atoms with Crippen LogP contribution in [0.5, 0.6) is 0 Å². The zero-order valence-electron chi connectivity index (χ0n) is 16.6. The lowest BCUT2D eigenvalue weighted by atomic mass is 9.46. The van der Waals surface area contributed by atoms with Crippen LogP contribution < -0.4 is 0 Å². The van der Waals surface area contributed by atoms with Crippen molar-refractivity contribution in [2.45, 2.75) is 82.7 Å². The van der Waals surface area contributed by atoms with E-state index in [0.29, 0.717) is 30.5 Å². The van der Waals surface area contributed by atoms with E-state index in [1.807, 2.05) is 0 Å². The Kier molecular flexibility index (Phi) is 3.76. The molecule has 0 aliphatic heterocycles. The lowest BCUT2D eigenvalue weighted by Crippen LogP contribution is -2.57. The van der Waals surface area contributed by atoms with Gasteiger partial charge in [-0.1, -0.05) is 26.0 Å². The molecule has 3 nitrogen and oxygen atoms in total. The smallest absolute Gasteiger partial charge is 0.139 e. The number of aliphatic imine (C=N–C) groups is 1. The number of nitrogens with zero attached hydrogens (tertiary/aromatic N) is 1. The third-order valence-electron chi connectivity index (χ3n) is 7.56. The second-order valence-corrected chi connectivity index (χ2v) is 10.9. The maximum Gasteiger partial charge on any atom is 0.139 e. The van der Waals surface area contributed by atoms with E-state index in [1.54, 1.807) is 0 Å². The van der Waals surface area contributed by atoms with Gasteiger partial charge in [0.2, 0.25) is 0 Å². The second kappa shape index (κ2) is 5.76. The summed E-state index contributed by atoms with van der Waals surface area (Å²) in [6.07, 6.45) is 8.83. The maximum absolute atomic E-state index is 12.0. The molecule has 0 spiro atoms. The summed E-state index contributed by atoms with van der Waals surface area (Å²) in [5.41, 5.74) is 3.16. The minimum absolute atomic E-state index is 0.0305. The molecule has 3 heteroatoms. The van der Waals surface area contributed by atoms with E-state index in [1.165, 1.54) is 24.8 Å². The first kappa shape index (κ1) is 17.6. The number of hydrogen-bond acceptors (Lipinski definition) is 3. The van der Waals surface area contributed by atoms with Gasteiger partial charge in [-0.15, -0.1) is 0 Å². The van der Waals surface area contributed by atoms with Gasteiger partial charge in [0.25, 0.3) is 0 Å². The Morgan fingerprint density at radius 2 is 1.67 bits per heavy atom. The molecule has 4 bridgehead atoms. The van der Waals surface area contributed by atoms with Gasteiger partial charge in [-0.05, 0) is 85.3 Å². The highest BCUT2D eigenvalue weighted by atomic mass is 16.3. The van der Waals surface area contributed by atoms with Gasteiger partial charge in [0.05, 0.1) is 11.3 Å². The third-order valence-corrected chi connectivity index (χ3v) is 7.56. The summed E-state index contributed by atoms with van der Waals surface area (Å²) in [4.78, 5) is 16.8. The average molecular weight is 366 g/mol. The number of aliphatic hydroxyl groups is 1. The van der Waals surface area contributed by atoms with Crippen molar-refractivity contribution in [1.82, 2.24) is 0 Å². The third kappa shape index (κ3) is 3.18. The Morgan fingerprint density at radius 1 is 1.00 bits per heavy atom. The zero-order valence-corrected chi connectivity index (χ0v) is 16.6. The first-order valence-corrected chi connectivity index (χ1v) is 10.6. The van der Waals surface area contributed by atoms with Crippen molar-refractivity contribution in [3.05, 3.63) is 29.8 Å². The van der Waals surface area contributed by atoms with Crippen LogP contribution >= 0.6 is 0 Å². The molecule has 0 radical (unpaired) electrons. The van der Waals surface area contributed by atoms with Crippen LogP contribution in [0.4, 0.5) is 5.69 Å². The molecule has 2 unspecified atom stereocenters. The van der Waals surface area contributed by atoms with E-state index in [9.17, 15) is 9.90 Å². The molecular formula is C24H31NO2. The van der Waals surface area contributed by atoms with Gasteiger partial charge < -0.3 is 5.11 Å². The summed E-state index contributed by atoms with van der Waals surface area (Å²) in [6.45, 7) is 4.31. The molecule has 1 aromatic carbocycles. The number of hydrogen-bond donors (Lipinski definition) is 1. The predicted molar refractivity (Wildman–Crippen MR) is 107 cm³/mol. The first-order chi connectivity index (χ1) is 12.7. The van der Waals surface area contributed by atoms with Crippen LogP contribution in [0.3, 0.4) is 0 Å². The molecule has 5 aliphatic rings. The summed E-state index contributed by atoms with van der Waals surface area (Å²) >= 11 is 0. The molecule has 27 heavy (non-hydrogen) atoms. The Morgan fingerprint density at radius 3 is 2.26 bits per heavy atom. The van der Waals surface area contributed by atoms with E-state index < -0.39 is 5.60 Å². The number of carbonyl (C=O) groups is 1. The van der Waals surface area contributed by atoms with Crippen molar-refractivity contribution in [2.75, 3.05) is 0 Å². The molecule has 0 saturated heterocycles. The lowest BCUT2D eigenvalue weighted by molar-refractivity contribution is -0.137. The van der Waals surface area contributed by atoms with Crippen molar-refractivity contribution < 1.29 is 9.90 Å². The number of rotatable bonds is 2. The van der Waals surface area contributed by atoms with E-state index in [0.717, 1.165) is 37.1 Å². The Hall–Kier alpha value is -1.48. The van der Waals surface area contributed by atoms with Gasteiger partial charge in [0.1, 0.15) is 5.78 Å². The molecule has 0 aromatic heterocycles.